The topological polar surface area (TPSA) is 0 Å². The van der Waals surface area contributed by atoms with Crippen LogP contribution in [0.5, 0.6) is 0 Å². The fraction of sp³-hybridized carbons (Fsp3) is 0.900. The summed E-state index contributed by atoms with van der Waals surface area (Å²) in [5.41, 5.74) is 2.63. The molecular weight excluding hydrogens is 304 g/mol. The van der Waals surface area contributed by atoms with Gasteiger partial charge in [0.2, 0.25) is 0 Å². The largest absolute Gasteiger partial charge is 0.139 e. The molecular formula is C20H30S2. The van der Waals surface area contributed by atoms with Crippen LogP contribution in [-0.2, 0) is 0 Å². The van der Waals surface area contributed by atoms with Crippen LogP contribution in [0.4, 0.5) is 0 Å². The van der Waals surface area contributed by atoms with Crippen LogP contribution in [0.25, 0.3) is 0 Å². The molecule has 0 bridgehead atoms. The van der Waals surface area contributed by atoms with Crippen LogP contribution in [0, 0.1) is 29.1 Å². The number of hydrogen-bond acceptors (Lipinski definition) is 2. The van der Waals surface area contributed by atoms with E-state index in [0.717, 1.165) is 29.1 Å². The molecule has 122 valence electrons. The van der Waals surface area contributed by atoms with Crippen molar-refractivity contribution >= 4 is 23.5 Å². The van der Waals surface area contributed by atoms with Gasteiger partial charge in [-0.05, 0) is 80.5 Å². The highest BCUT2D eigenvalue weighted by molar-refractivity contribution is 8.21. The van der Waals surface area contributed by atoms with Gasteiger partial charge in [-0.2, -0.15) is 0 Å². The third-order valence-electron chi connectivity index (χ3n) is 8.02. The van der Waals surface area contributed by atoms with E-state index in [1.54, 1.807) is 12.8 Å². The molecule has 0 N–H and O–H groups in total. The van der Waals surface area contributed by atoms with E-state index >= 15 is 0 Å². The highest BCUT2D eigenvalue weighted by atomic mass is 32.2. The normalized spacial score (nSPS) is 49.4. The van der Waals surface area contributed by atoms with Crippen LogP contribution in [0.2, 0.25) is 0 Å². The Morgan fingerprint density at radius 2 is 1.82 bits per heavy atom. The van der Waals surface area contributed by atoms with Gasteiger partial charge in [-0.3, -0.25) is 0 Å². The van der Waals surface area contributed by atoms with Crippen molar-refractivity contribution in [2.75, 3.05) is 11.5 Å². The molecule has 4 fully saturated rings. The molecule has 22 heavy (non-hydrogen) atoms. The lowest BCUT2D eigenvalue weighted by molar-refractivity contribution is -0.00122. The summed E-state index contributed by atoms with van der Waals surface area (Å²) < 4.78 is 0.509. The Morgan fingerprint density at radius 3 is 2.68 bits per heavy atom. The van der Waals surface area contributed by atoms with Gasteiger partial charge in [-0.15, -0.1) is 23.5 Å². The number of allylic oxidation sites excluding steroid dienone is 1. The molecule has 1 saturated heterocycles. The molecule has 1 aliphatic heterocycles. The molecule has 2 heteroatoms. The molecule has 0 aromatic rings. The van der Waals surface area contributed by atoms with Crippen LogP contribution >= 0.6 is 23.5 Å². The van der Waals surface area contributed by atoms with E-state index in [-0.39, 0.29) is 0 Å². The average Bonchev–Trinajstić information content (AvgIpc) is 3.13. The summed E-state index contributed by atoms with van der Waals surface area (Å²) in [6.45, 7) is 2.63. The Kier molecular flexibility index (Phi) is 3.50. The first-order valence-electron chi connectivity index (χ1n) is 9.69. The number of fused-ring (bicyclic) bond motifs is 5. The molecule has 0 aromatic heterocycles. The Labute approximate surface area is 144 Å². The van der Waals surface area contributed by atoms with Gasteiger partial charge < -0.3 is 0 Å². The van der Waals surface area contributed by atoms with Gasteiger partial charge in [0.05, 0.1) is 4.08 Å². The summed E-state index contributed by atoms with van der Waals surface area (Å²) in [5.74, 6) is 6.97. The summed E-state index contributed by atoms with van der Waals surface area (Å²) in [4.78, 5) is 0. The lowest BCUT2D eigenvalue weighted by Crippen LogP contribution is -2.45. The van der Waals surface area contributed by atoms with Crippen LogP contribution < -0.4 is 0 Å². The first kappa shape index (κ1) is 14.8. The summed E-state index contributed by atoms with van der Waals surface area (Å²) in [6, 6.07) is 0. The zero-order valence-electron chi connectivity index (χ0n) is 14.0. The number of hydrogen-bond donors (Lipinski definition) is 0. The van der Waals surface area contributed by atoms with E-state index < -0.39 is 0 Å². The van der Waals surface area contributed by atoms with Gasteiger partial charge in [0.25, 0.3) is 0 Å². The van der Waals surface area contributed by atoms with Gasteiger partial charge in [0.1, 0.15) is 0 Å². The highest BCUT2D eigenvalue weighted by Gasteiger charge is 2.53. The van der Waals surface area contributed by atoms with Crippen LogP contribution in [-0.4, -0.2) is 15.6 Å². The van der Waals surface area contributed by atoms with E-state index in [1.807, 2.05) is 5.57 Å². The third-order valence-corrected chi connectivity index (χ3v) is 11.4. The maximum atomic E-state index is 2.78. The fourth-order valence-electron chi connectivity index (χ4n) is 7.01. The molecule has 0 nitrogen and oxygen atoms in total. The summed E-state index contributed by atoms with van der Waals surface area (Å²) in [7, 11) is 0. The SMILES string of the molecule is C[C@@]12CCC[C@H]1[C@@H]1CCC3=CC4(CC[C@@H]3[C@H]1CC2)SCCS4. The monoisotopic (exact) mass is 334 g/mol. The number of rotatable bonds is 0. The van der Waals surface area contributed by atoms with Gasteiger partial charge in [0, 0.05) is 11.5 Å². The summed E-state index contributed by atoms with van der Waals surface area (Å²) in [6.07, 6.45) is 16.4. The maximum absolute atomic E-state index is 2.78. The van der Waals surface area contributed by atoms with Crippen molar-refractivity contribution in [2.24, 2.45) is 29.1 Å². The van der Waals surface area contributed by atoms with Gasteiger partial charge in [0.15, 0.2) is 0 Å². The third kappa shape index (κ3) is 2.11. The van der Waals surface area contributed by atoms with E-state index in [0.29, 0.717) is 4.08 Å². The summed E-state index contributed by atoms with van der Waals surface area (Å²) >= 11 is 4.50. The average molecular weight is 335 g/mol. The molecule has 5 atom stereocenters. The van der Waals surface area contributed by atoms with Crippen molar-refractivity contribution in [2.45, 2.75) is 68.8 Å². The van der Waals surface area contributed by atoms with Crippen molar-refractivity contribution < 1.29 is 0 Å². The van der Waals surface area contributed by atoms with Crippen molar-refractivity contribution in [1.82, 2.24) is 0 Å². The van der Waals surface area contributed by atoms with Gasteiger partial charge >= 0.3 is 0 Å². The molecule has 1 heterocycles. The predicted octanol–water partition coefficient (Wildman–Crippen LogP) is 6.13. The quantitative estimate of drug-likeness (QED) is 0.489. The Balaban J connectivity index is 1.42. The van der Waals surface area contributed by atoms with E-state index in [2.05, 4.69) is 36.5 Å². The molecule has 0 unspecified atom stereocenters. The van der Waals surface area contributed by atoms with Gasteiger partial charge in [-0.1, -0.05) is 25.0 Å². The second-order valence-electron chi connectivity index (χ2n) is 8.93. The Morgan fingerprint density at radius 1 is 0.955 bits per heavy atom. The molecule has 4 aliphatic carbocycles. The second kappa shape index (κ2) is 5.22. The van der Waals surface area contributed by atoms with Crippen molar-refractivity contribution in [3.63, 3.8) is 0 Å². The predicted molar refractivity (Wildman–Crippen MR) is 99.4 cm³/mol. The molecule has 3 saturated carbocycles. The van der Waals surface area contributed by atoms with Crippen LogP contribution in [0.3, 0.4) is 0 Å². The molecule has 5 aliphatic rings. The molecule has 0 amide bonds. The smallest absolute Gasteiger partial charge is 0.0794 e. The van der Waals surface area contributed by atoms with E-state index in [4.69, 9.17) is 0 Å². The van der Waals surface area contributed by atoms with Gasteiger partial charge in [-0.25, -0.2) is 0 Å². The van der Waals surface area contributed by atoms with Crippen LogP contribution in [0.1, 0.15) is 64.7 Å². The maximum Gasteiger partial charge on any atom is 0.0794 e. The molecule has 0 radical (unpaired) electrons. The Bertz CT molecular complexity index is 490. The summed E-state index contributed by atoms with van der Waals surface area (Å²) in [5, 5.41) is 0. The minimum absolute atomic E-state index is 0.509. The Hall–Kier alpha value is 0.440. The van der Waals surface area contributed by atoms with Crippen molar-refractivity contribution in [3.8, 4) is 0 Å². The lowest BCUT2D eigenvalue weighted by atomic mass is 9.52. The first-order chi connectivity index (χ1) is 10.7. The molecule has 5 rings (SSSR count). The van der Waals surface area contributed by atoms with Crippen LogP contribution in [0.15, 0.2) is 11.6 Å². The minimum Gasteiger partial charge on any atom is -0.139 e. The molecule has 0 aromatic carbocycles. The first-order valence-corrected chi connectivity index (χ1v) is 11.7. The van der Waals surface area contributed by atoms with E-state index in [1.165, 1.54) is 56.5 Å². The fourth-order valence-corrected chi connectivity index (χ4v) is 10.2. The molecule has 1 spiro atoms. The van der Waals surface area contributed by atoms with Crippen molar-refractivity contribution in [3.05, 3.63) is 11.6 Å². The number of thioether (sulfide) groups is 2. The zero-order chi connectivity index (χ0) is 14.8. The lowest BCUT2D eigenvalue weighted by Gasteiger charge is -2.53. The zero-order valence-corrected chi connectivity index (χ0v) is 15.6. The highest BCUT2D eigenvalue weighted by Crippen LogP contribution is 2.63. The second-order valence-corrected chi connectivity index (χ2v) is 12.0. The standard InChI is InChI=1S/C20H30S2/c1-19-8-2-3-18(19)17-5-4-14-13-20(21-11-12-22-20)10-7-15(14)16(17)6-9-19/h13,15-18H,2-12H2,1H3/t15-,16+,17+,18-,19-/m0/s1. The van der Waals surface area contributed by atoms with E-state index in [9.17, 15) is 0 Å². The van der Waals surface area contributed by atoms with Crippen molar-refractivity contribution in [1.29, 1.82) is 0 Å². The minimum atomic E-state index is 0.509.